The van der Waals surface area contributed by atoms with Crippen molar-refractivity contribution in [2.24, 2.45) is 7.05 Å². The van der Waals surface area contributed by atoms with Crippen LogP contribution >= 0.6 is 0 Å². The van der Waals surface area contributed by atoms with E-state index in [1.807, 2.05) is 19.0 Å². The first-order chi connectivity index (χ1) is 10.0. The first kappa shape index (κ1) is 15.1. The smallest absolute Gasteiger partial charge is 0.239 e. The second-order valence-corrected chi connectivity index (χ2v) is 5.09. The van der Waals surface area contributed by atoms with Crippen LogP contribution in [0.4, 0.5) is 5.82 Å². The third-order valence-corrected chi connectivity index (χ3v) is 3.25. The van der Waals surface area contributed by atoms with Crippen LogP contribution in [0.3, 0.4) is 0 Å². The maximum atomic E-state index is 12.0. The first-order valence-electron chi connectivity index (χ1n) is 6.79. The third kappa shape index (κ3) is 4.64. The van der Waals surface area contributed by atoms with E-state index in [0.717, 1.165) is 12.1 Å². The minimum absolute atomic E-state index is 0.0813. The summed E-state index contributed by atoms with van der Waals surface area (Å²) in [6.45, 7) is 2.36. The normalized spacial score (nSPS) is 12.4. The first-order valence-corrected chi connectivity index (χ1v) is 6.79. The van der Waals surface area contributed by atoms with Crippen LogP contribution < -0.4 is 5.32 Å². The summed E-state index contributed by atoms with van der Waals surface area (Å²) in [6, 6.07) is 1.96. The molecule has 0 radical (unpaired) electrons. The Kier molecular flexibility index (Phi) is 4.99. The highest BCUT2D eigenvalue weighted by Gasteiger charge is 2.15. The number of carbonyl (C=O) groups excluding carboxylic acids is 1. The zero-order valence-corrected chi connectivity index (χ0v) is 12.5. The van der Waals surface area contributed by atoms with Crippen molar-refractivity contribution in [2.75, 3.05) is 18.9 Å². The molecule has 0 aliphatic heterocycles. The molecule has 2 rings (SSSR count). The van der Waals surface area contributed by atoms with Crippen LogP contribution in [0.1, 0.15) is 12.6 Å². The molecule has 1 unspecified atom stereocenters. The van der Waals surface area contributed by atoms with Crippen molar-refractivity contribution < 1.29 is 4.79 Å². The van der Waals surface area contributed by atoms with E-state index in [-0.39, 0.29) is 11.9 Å². The molecule has 1 N–H and O–H groups in total. The molecule has 0 aliphatic carbocycles. The van der Waals surface area contributed by atoms with E-state index in [1.54, 1.807) is 35.5 Å². The number of carbonyl (C=O) groups is 1. The third-order valence-electron chi connectivity index (χ3n) is 3.25. The summed E-state index contributed by atoms with van der Waals surface area (Å²) in [5, 5.41) is 6.89. The van der Waals surface area contributed by atoms with Gasteiger partial charge in [0.15, 0.2) is 5.82 Å². The van der Waals surface area contributed by atoms with Gasteiger partial charge in [0.2, 0.25) is 5.91 Å². The van der Waals surface area contributed by atoms with Crippen LogP contribution in [0, 0.1) is 0 Å². The second-order valence-electron chi connectivity index (χ2n) is 5.09. The van der Waals surface area contributed by atoms with Gasteiger partial charge in [0.25, 0.3) is 0 Å². The second kappa shape index (κ2) is 6.94. The minimum atomic E-state index is -0.0813. The lowest BCUT2D eigenvalue weighted by Crippen LogP contribution is -2.37. The van der Waals surface area contributed by atoms with Gasteiger partial charge in [-0.05, 0) is 14.0 Å². The van der Waals surface area contributed by atoms with Gasteiger partial charge in [-0.2, -0.15) is 5.10 Å². The number of nitrogens with one attached hydrogen (secondary N) is 1. The highest BCUT2D eigenvalue weighted by molar-refractivity contribution is 5.91. The van der Waals surface area contributed by atoms with Crippen LogP contribution in [0.5, 0.6) is 0 Å². The summed E-state index contributed by atoms with van der Waals surface area (Å²) >= 11 is 0. The number of amides is 1. The number of nitrogens with zero attached hydrogens (tertiary/aromatic N) is 5. The standard InChI is InChI=1S/C14H20N6O/c1-11(8-12-9-15-5-6-16-12)19(2)10-14(21)17-13-4-7-20(3)18-13/h4-7,9,11H,8,10H2,1-3H3,(H,17,18,21). The molecule has 7 heteroatoms. The summed E-state index contributed by atoms with van der Waals surface area (Å²) in [5.41, 5.74) is 0.919. The predicted octanol–water partition coefficient (Wildman–Crippen LogP) is 0.712. The fourth-order valence-electron chi connectivity index (χ4n) is 1.94. The lowest BCUT2D eigenvalue weighted by atomic mass is 10.1. The Hall–Kier alpha value is -2.28. The van der Waals surface area contributed by atoms with Gasteiger partial charge in [-0.1, -0.05) is 0 Å². The lowest BCUT2D eigenvalue weighted by molar-refractivity contribution is -0.117. The Morgan fingerprint density at radius 3 is 2.90 bits per heavy atom. The number of aromatic nitrogens is 4. The minimum Gasteiger partial charge on any atom is -0.308 e. The molecular weight excluding hydrogens is 268 g/mol. The Bertz CT molecular complexity index is 582. The van der Waals surface area contributed by atoms with Gasteiger partial charge in [-0.3, -0.25) is 24.3 Å². The molecule has 0 saturated carbocycles. The van der Waals surface area contributed by atoms with Crippen LogP contribution in [0.2, 0.25) is 0 Å². The number of aryl methyl sites for hydroxylation is 1. The highest BCUT2D eigenvalue weighted by Crippen LogP contribution is 2.05. The van der Waals surface area contributed by atoms with Crippen LogP contribution in [0.25, 0.3) is 0 Å². The summed E-state index contributed by atoms with van der Waals surface area (Å²) in [5.74, 6) is 0.486. The molecule has 0 aromatic carbocycles. The fourth-order valence-corrected chi connectivity index (χ4v) is 1.94. The molecule has 2 aromatic rings. The van der Waals surface area contributed by atoms with E-state index >= 15 is 0 Å². The molecule has 0 bridgehead atoms. The van der Waals surface area contributed by atoms with Crippen molar-refractivity contribution in [1.29, 1.82) is 0 Å². The van der Waals surface area contributed by atoms with Crippen molar-refractivity contribution in [1.82, 2.24) is 24.6 Å². The van der Waals surface area contributed by atoms with Gasteiger partial charge in [-0.25, -0.2) is 0 Å². The van der Waals surface area contributed by atoms with E-state index in [4.69, 9.17) is 0 Å². The monoisotopic (exact) mass is 288 g/mol. The predicted molar refractivity (Wildman–Crippen MR) is 79.7 cm³/mol. The Labute approximate surface area is 124 Å². The molecule has 112 valence electrons. The van der Waals surface area contributed by atoms with E-state index in [1.165, 1.54) is 0 Å². The summed E-state index contributed by atoms with van der Waals surface area (Å²) < 4.78 is 1.65. The number of hydrogen-bond acceptors (Lipinski definition) is 5. The van der Waals surface area contributed by atoms with Crippen molar-refractivity contribution in [3.05, 3.63) is 36.5 Å². The summed E-state index contributed by atoms with van der Waals surface area (Å²) in [7, 11) is 3.73. The number of likely N-dealkylation sites (N-methyl/N-ethyl adjacent to an activating group) is 1. The summed E-state index contributed by atoms with van der Waals surface area (Å²) in [4.78, 5) is 22.2. The number of rotatable bonds is 6. The molecular formula is C14H20N6O. The molecule has 21 heavy (non-hydrogen) atoms. The van der Waals surface area contributed by atoms with Crippen LogP contribution in [-0.2, 0) is 18.3 Å². The average molecular weight is 288 g/mol. The molecule has 0 spiro atoms. The topological polar surface area (TPSA) is 75.9 Å². The molecule has 7 nitrogen and oxygen atoms in total. The maximum absolute atomic E-state index is 12.0. The van der Waals surface area contributed by atoms with E-state index < -0.39 is 0 Å². The van der Waals surface area contributed by atoms with Gasteiger partial charge >= 0.3 is 0 Å². The van der Waals surface area contributed by atoms with Gasteiger partial charge in [-0.15, -0.1) is 0 Å². The van der Waals surface area contributed by atoms with Gasteiger partial charge in [0.1, 0.15) is 0 Å². The van der Waals surface area contributed by atoms with Gasteiger partial charge < -0.3 is 5.32 Å². The van der Waals surface area contributed by atoms with Gasteiger partial charge in [0.05, 0.1) is 12.2 Å². The zero-order valence-electron chi connectivity index (χ0n) is 12.5. The van der Waals surface area contributed by atoms with Crippen molar-refractivity contribution in [2.45, 2.75) is 19.4 Å². The van der Waals surface area contributed by atoms with Crippen LogP contribution in [0.15, 0.2) is 30.9 Å². The molecule has 0 fully saturated rings. The van der Waals surface area contributed by atoms with Crippen molar-refractivity contribution >= 4 is 11.7 Å². The Balaban J connectivity index is 1.82. The number of hydrogen-bond donors (Lipinski definition) is 1. The molecule has 2 aromatic heterocycles. The van der Waals surface area contributed by atoms with Crippen molar-refractivity contribution in [3.8, 4) is 0 Å². The Morgan fingerprint density at radius 2 is 2.29 bits per heavy atom. The van der Waals surface area contributed by atoms with Crippen LogP contribution in [-0.4, -0.2) is 50.2 Å². The largest absolute Gasteiger partial charge is 0.308 e. The van der Waals surface area contributed by atoms with Crippen molar-refractivity contribution in [3.63, 3.8) is 0 Å². The Morgan fingerprint density at radius 1 is 1.48 bits per heavy atom. The summed E-state index contributed by atoms with van der Waals surface area (Å²) in [6.07, 6.45) is 7.61. The molecule has 0 aliphatic rings. The zero-order chi connectivity index (χ0) is 15.2. The SMILES string of the molecule is CC(Cc1cnccn1)N(C)CC(=O)Nc1ccn(C)n1. The highest BCUT2D eigenvalue weighted by atomic mass is 16.2. The lowest BCUT2D eigenvalue weighted by Gasteiger charge is -2.23. The average Bonchev–Trinajstić information content (AvgIpc) is 2.84. The number of anilines is 1. The fraction of sp³-hybridized carbons (Fsp3) is 0.429. The van der Waals surface area contributed by atoms with E-state index in [9.17, 15) is 4.79 Å². The quantitative estimate of drug-likeness (QED) is 0.847. The van der Waals surface area contributed by atoms with Gasteiger partial charge in [0, 0.05) is 50.4 Å². The van der Waals surface area contributed by atoms with E-state index in [0.29, 0.717) is 12.4 Å². The molecule has 1 amide bonds. The molecule has 0 saturated heterocycles. The molecule has 2 heterocycles. The van der Waals surface area contributed by atoms with E-state index in [2.05, 4.69) is 27.3 Å². The maximum Gasteiger partial charge on any atom is 0.239 e. The molecule has 1 atom stereocenters.